The number of aliphatic hydroxyl groups is 1. The predicted molar refractivity (Wildman–Crippen MR) is 87.3 cm³/mol. The minimum Gasteiger partial charge on any atom is -0.393 e. The maximum atomic E-state index is 12.4. The summed E-state index contributed by atoms with van der Waals surface area (Å²) in [6.45, 7) is 7.02. The molecule has 23 heavy (non-hydrogen) atoms. The number of fused-ring (bicyclic) bond motifs is 1. The molecule has 1 aromatic carbocycles. The first kappa shape index (κ1) is 16.1. The first-order valence-corrected chi connectivity index (χ1v) is 8.23. The van der Waals surface area contributed by atoms with Crippen molar-refractivity contribution in [2.75, 3.05) is 26.2 Å². The maximum Gasteiger partial charge on any atom is 0.261 e. The molecule has 2 aliphatic heterocycles. The van der Waals surface area contributed by atoms with Crippen molar-refractivity contribution in [1.82, 2.24) is 9.80 Å². The average Bonchev–Trinajstić information content (AvgIpc) is 2.64. The van der Waals surface area contributed by atoms with E-state index >= 15 is 0 Å². The molecule has 1 fully saturated rings. The Bertz CT molecular complexity index is 591. The summed E-state index contributed by atoms with van der Waals surface area (Å²) in [4.78, 5) is 28.3. The van der Waals surface area contributed by atoms with Gasteiger partial charge in [0.1, 0.15) is 0 Å². The summed E-state index contributed by atoms with van der Waals surface area (Å²) in [5, 5.41) is 9.98. The Morgan fingerprint density at radius 1 is 1.13 bits per heavy atom. The Hall–Kier alpha value is -1.72. The molecule has 1 unspecified atom stereocenters. The SMILES string of the molecule is CC1(C)CC(O)CCN(CCN2C(=O)c3ccccc3C2=O)C1. The van der Waals surface area contributed by atoms with Gasteiger partial charge in [-0.2, -0.15) is 0 Å². The fourth-order valence-electron chi connectivity index (χ4n) is 3.69. The molecule has 0 bridgehead atoms. The van der Waals surface area contributed by atoms with E-state index in [-0.39, 0.29) is 23.3 Å². The topological polar surface area (TPSA) is 60.9 Å². The zero-order chi connectivity index (χ0) is 16.6. The zero-order valence-electron chi connectivity index (χ0n) is 13.8. The van der Waals surface area contributed by atoms with Crippen LogP contribution in [0.15, 0.2) is 24.3 Å². The lowest BCUT2D eigenvalue weighted by Crippen LogP contribution is -2.41. The number of carbonyl (C=O) groups excluding carboxylic acids is 2. The third-order valence-corrected chi connectivity index (χ3v) is 4.74. The molecular formula is C18H24N2O3. The van der Waals surface area contributed by atoms with Gasteiger partial charge in [-0.1, -0.05) is 26.0 Å². The summed E-state index contributed by atoms with van der Waals surface area (Å²) in [6, 6.07) is 6.99. The second-order valence-electron chi connectivity index (χ2n) is 7.39. The number of likely N-dealkylation sites (tertiary alicyclic amines) is 1. The number of benzene rings is 1. The molecule has 124 valence electrons. The number of carbonyl (C=O) groups is 2. The second kappa shape index (κ2) is 6.06. The van der Waals surface area contributed by atoms with E-state index in [1.54, 1.807) is 24.3 Å². The van der Waals surface area contributed by atoms with Crippen molar-refractivity contribution >= 4 is 11.8 Å². The van der Waals surface area contributed by atoms with Crippen molar-refractivity contribution < 1.29 is 14.7 Å². The normalized spacial score (nSPS) is 24.7. The first-order chi connectivity index (χ1) is 10.9. The third-order valence-electron chi connectivity index (χ3n) is 4.74. The highest BCUT2D eigenvalue weighted by Gasteiger charge is 2.35. The molecule has 1 aromatic rings. The standard InChI is InChI=1S/C18H24N2O3/c1-18(2)11-13(21)7-8-19(12-18)9-10-20-16(22)14-5-3-4-6-15(14)17(20)23/h3-6,13,21H,7-12H2,1-2H3. The Labute approximate surface area is 136 Å². The Morgan fingerprint density at radius 3 is 2.35 bits per heavy atom. The molecule has 0 spiro atoms. The molecule has 0 saturated carbocycles. The molecule has 5 nitrogen and oxygen atoms in total. The molecule has 2 heterocycles. The van der Waals surface area contributed by atoms with Crippen molar-refractivity contribution in [3.63, 3.8) is 0 Å². The third kappa shape index (κ3) is 3.31. The van der Waals surface area contributed by atoms with Gasteiger partial charge in [-0.3, -0.25) is 14.5 Å². The summed E-state index contributed by atoms with van der Waals surface area (Å²) >= 11 is 0. The van der Waals surface area contributed by atoms with Crippen LogP contribution in [0, 0.1) is 5.41 Å². The Balaban J connectivity index is 1.65. The van der Waals surface area contributed by atoms with Crippen LogP contribution in [0.1, 0.15) is 47.4 Å². The number of nitrogens with zero attached hydrogens (tertiary/aromatic N) is 2. The number of hydrogen-bond acceptors (Lipinski definition) is 4. The monoisotopic (exact) mass is 316 g/mol. The molecule has 0 aromatic heterocycles. The summed E-state index contributed by atoms with van der Waals surface area (Å²) < 4.78 is 0. The highest BCUT2D eigenvalue weighted by molar-refractivity contribution is 6.21. The lowest BCUT2D eigenvalue weighted by Gasteiger charge is -2.30. The van der Waals surface area contributed by atoms with Gasteiger partial charge < -0.3 is 10.0 Å². The van der Waals surface area contributed by atoms with E-state index in [0.717, 1.165) is 25.9 Å². The van der Waals surface area contributed by atoms with E-state index in [1.165, 1.54) is 4.90 Å². The van der Waals surface area contributed by atoms with Crippen LogP contribution >= 0.6 is 0 Å². The molecule has 0 aliphatic carbocycles. The van der Waals surface area contributed by atoms with Gasteiger partial charge in [-0.15, -0.1) is 0 Å². The van der Waals surface area contributed by atoms with Gasteiger partial charge in [0.2, 0.25) is 0 Å². The van der Waals surface area contributed by atoms with E-state index < -0.39 is 0 Å². The van der Waals surface area contributed by atoms with Crippen molar-refractivity contribution in [3.05, 3.63) is 35.4 Å². The Kier molecular flexibility index (Phi) is 4.25. The van der Waals surface area contributed by atoms with E-state index in [9.17, 15) is 14.7 Å². The molecule has 1 N–H and O–H groups in total. The van der Waals surface area contributed by atoms with Gasteiger partial charge in [0.25, 0.3) is 11.8 Å². The minimum absolute atomic E-state index is 0.0396. The van der Waals surface area contributed by atoms with Gasteiger partial charge in [-0.05, 0) is 30.4 Å². The van der Waals surface area contributed by atoms with Crippen LogP contribution < -0.4 is 0 Å². The first-order valence-electron chi connectivity index (χ1n) is 8.23. The fourth-order valence-corrected chi connectivity index (χ4v) is 3.69. The minimum atomic E-state index is -0.269. The number of hydrogen-bond donors (Lipinski definition) is 1. The quantitative estimate of drug-likeness (QED) is 0.863. The molecule has 3 rings (SSSR count). The summed E-state index contributed by atoms with van der Waals surface area (Å²) in [5.74, 6) is -0.389. The van der Waals surface area contributed by atoms with Crippen LogP contribution in [0.2, 0.25) is 0 Å². The van der Waals surface area contributed by atoms with Gasteiger partial charge in [-0.25, -0.2) is 0 Å². The largest absolute Gasteiger partial charge is 0.393 e. The summed E-state index contributed by atoms with van der Waals surface area (Å²) in [5.41, 5.74) is 1.05. The van der Waals surface area contributed by atoms with E-state index in [4.69, 9.17) is 0 Å². The number of imide groups is 1. The fraction of sp³-hybridized carbons (Fsp3) is 0.556. The van der Waals surface area contributed by atoms with Crippen LogP contribution in [-0.4, -0.2) is 59.0 Å². The Morgan fingerprint density at radius 2 is 1.74 bits per heavy atom. The lowest BCUT2D eigenvalue weighted by molar-refractivity contribution is 0.0630. The molecule has 5 heteroatoms. The molecule has 0 radical (unpaired) electrons. The zero-order valence-corrected chi connectivity index (χ0v) is 13.8. The van der Waals surface area contributed by atoms with Gasteiger partial charge in [0.05, 0.1) is 17.2 Å². The second-order valence-corrected chi connectivity index (χ2v) is 7.39. The van der Waals surface area contributed by atoms with Crippen LogP contribution in [0.3, 0.4) is 0 Å². The van der Waals surface area contributed by atoms with E-state index in [0.29, 0.717) is 24.2 Å². The van der Waals surface area contributed by atoms with Crippen molar-refractivity contribution in [2.45, 2.75) is 32.8 Å². The molecule has 2 aliphatic rings. The average molecular weight is 316 g/mol. The summed E-state index contributed by atoms with van der Waals surface area (Å²) in [7, 11) is 0. The van der Waals surface area contributed by atoms with Crippen molar-refractivity contribution in [3.8, 4) is 0 Å². The van der Waals surface area contributed by atoms with Crippen LogP contribution in [-0.2, 0) is 0 Å². The van der Waals surface area contributed by atoms with Gasteiger partial charge in [0, 0.05) is 26.2 Å². The van der Waals surface area contributed by atoms with Crippen LogP contribution in [0.25, 0.3) is 0 Å². The van der Waals surface area contributed by atoms with Crippen molar-refractivity contribution in [2.24, 2.45) is 5.41 Å². The number of aliphatic hydroxyl groups excluding tert-OH is 1. The van der Waals surface area contributed by atoms with E-state index in [2.05, 4.69) is 18.7 Å². The van der Waals surface area contributed by atoms with Gasteiger partial charge >= 0.3 is 0 Å². The number of amides is 2. The van der Waals surface area contributed by atoms with Gasteiger partial charge in [0.15, 0.2) is 0 Å². The van der Waals surface area contributed by atoms with E-state index in [1.807, 2.05) is 0 Å². The molecule has 1 saturated heterocycles. The summed E-state index contributed by atoms with van der Waals surface area (Å²) in [6.07, 6.45) is 1.26. The lowest BCUT2D eigenvalue weighted by atomic mass is 9.87. The van der Waals surface area contributed by atoms with Crippen LogP contribution in [0.5, 0.6) is 0 Å². The highest BCUT2D eigenvalue weighted by atomic mass is 16.3. The highest BCUT2D eigenvalue weighted by Crippen LogP contribution is 2.28. The molecule has 2 amide bonds. The predicted octanol–water partition coefficient (Wildman–Crippen LogP) is 1.77. The molecular weight excluding hydrogens is 292 g/mol. The van der Waals surface area contributed by atoms with Crippen LogP contribution in [0.4, 0.5) is 0 Å². The smallest absolute Gasteiger partial charge is 0.261 e. The number of rotatable bonds is 3. The maximum absolute atomic E-state index is 12.4. The molecule has 1 atom stereocenters. The van der Waals surface area contributed by atoms with Crippen molar-refractivity contribution in [1.29, 1.82) is 0 Å².